The average molecular weight is 626 g/mol. The van der Waals surface area contributed by atoms with E-state index in [1.807, 2.05) is 0 Å². The number of aromatic nitrogens is 1. The highest BCUT2D eigenvalue weighted by atomic mass is 35.5. The van der Waals surface area contributed by atoms with Gasteiger partial charge in [0.25, 0.3) is 5.92 Å². The molecule has 0 aliphatic carbocycles. The van der Waals surface area contributed by atoms with Crippen molar-refractivity contribution < 1.29 is 37.4 Å². The van der Waals surface area contributed by atoms with Gasteiger partial charge in [-0.2, -0.15) is 0 Å². The van der Waals surface area contributed by atoms with Crippen LogP contribution in [0.3, 0.4) is 0 Å². The maximum absolute atomic E-state index is 15.3. The zero-order valence-electron chi connectivity index (χ0n) is 22.7. The molecule has 1 aromatic carbocycles. The monoisotopic (exact) mass is 625 g/mol. The van der Waals surface area contributed by atoms with Crippen molar-refractivity contribution in [2.75, 3.05) is 33.3 Å². The van der Waals surface area contributed by atoms with E-state index in [0.29, 0.717) is 10.6 Å². The first kappa shape index (κ1) is 30.0. The van der Waals surface area contributed by atoms with Crippen molar-refractivity contribution in [2.45, 2.75) is 31.9 Å². The predicted molar refractivity (Wildman–Crippen MR) is 147 cm³/mol. The third-order valence-corrected chi connectivity index (χ3v) is 8.96. The summed E-state index contributed by atoms with van der Waals surface area (Å²) in [5.41, 5.74) is -1.29. The summed E-state index contributed by atoms with van der Waals surface area (Å²) in [5, 5.41) is 14.7. The van der Waals surface area contributed by atoms with E-state index < -0.39 is 59.5 Å². The topological polar surface area (TPSA) is 124 Å². The molecule has 3 aliphatic rings. The summed E-state index contributed by atoms with van der Waals surface area (Å²) >= 11 is 7.63. The SMILES string of the molecule is COC(=O)C1=C(CN2CC(F)(F)C3CN(C(=O)C(C)(C)C(=O)O)CC32)NC(c2nccs2)=NC1c1ccc(F)cc1Cl. The summed E-state index contributed by atoms with van der Waals surface area (Å²) in [5.74, 6) is -7.68. The van der Waals surface area contributed by atoms with E-state index in [4.69, 9.17) is 16.3 Å². The summed E-state index contributed by atoms with van der Waals surface area (Å²) in [6.45, 7) is 1.21. The van der Waals surface area contributed by atoms with Crippen molar-refractivity contribution in [1.82, 2.24) is 20.1 Å². The lowest BCUT2D eigenvalue weighted by atomic mass is 9.92. The fourth-order valence-electron chi connectivity index (χ4n) is 5.57. The number of fused-ring (bicyclic) bond motifs is 1. The Kier molecular flexibility index (Phi) is 7.83. The number of alkyl halides is 2. The second-order valence-corrected chi connectivity index (χ2v) is 12.2. The molecule has 224 valence electrons. The molecule has 5 rings (SSSR count). The van der Waals surface area contributed by atoms with E-state index in [-0.39, 0.29) is 41.8 Å². The van der Waals surface area contributed by atoms with Crippen LogP contribution in [0.2, 0.25) is 5.02 Å². The summed E-state index contributed by atoms with van der Waals surface area (Å²) in [6, 6.07) is 1.75. The van der Waals surface area contributed by atoms with Crippen molar-refractivity contribution >= 4 is 46.6 Å². The van der Waals surface area contributed by atoms with Gasteiger partial charge in [-0.15, -0.1) is 11.3 Å². The van der Waals surface area contributed by atoms with Crippen LogP contribution in [0, 0.1) is 17.2 Å². The molecule has 0 radical (unpaired) electrons. The first-order valence-corrected chi connectivity index (χ1v) is 14.2. The van der Waals surface area contributed by atoms with Crippen LogP contribution in [0.15, 0.2) is 46.0 Å². The Bertz CT molecular complexity index is 1500. The van der Waals surface area contributed by atoms with Gasteiger partial charge in [0.1, 0.15) is 17.3 Å². The third kappa shape index (κ3) is 5.26. The van der Waals surface area contributed by atoms with Gasteiger partial charge in [0.05, 0.1) is 25.1 Å². The Hall–Kier alpha value is -3.49. The average Bonchev–Trinajstić information content (AvgIpc) is 3.66. The number of amidine groups is 1. The van der Waals surface area contributed by atoms with Crippen LogP contribution < -0.4 is 5.32 Å². The van der Waals surface area contributed by atoms with Crippen LogP contribution in [-0.4, -0.2) is 88.8 Å². The molecule has 3 aliphatic heterocycles. The van der Waals surface area contributed by atoms with Gasteiger partial charge in [0.2, 0.25) is 5.91 Å². The van der Waals surface area contributed by atoms with E-state index in [0.717, 1.165) is 11.0 Å². The zero-order chi connectivity index (χ0) is 30.6. The lowest BCUT2D eigenvalue weighted by Gasteiger charge is -2.32. The van der Waals surface area contributed by atoms with Gasteiger partial charge in [0, 0.05) is 53.5 Å². The van der Waals surface area contributed by atoms with Gasteiger partial charge in [-0.1, -0.05) is 17.7 Å². The van der Waals surface area contributed by atoms with E-state index in [1.54, 1.807) is 11.6 Å². The number of carbonyl (C=O) groups excluding carboxylic acids is 2. The highest BCUT2D eigenvalue weighted by Crippen LogP contribution is 2.44. The van der Waals surface area contributed by atoms with Crippen LogP contribution in [0.25, 0.3) is 0 Å². The van der Waals surface area contributed by atoms with Crippen LogP contribution in [0.4, 0.5) is 13.2 Å². The molecule has 3 atom stereocenters. The van der Waals surface area contributed by atoms with Gasteiger partial charge in [-0.3, -0.25) is 19.5 Å². The smallest absolute Gasteiger partial charge is 0.338 e. The van der Waals surface area contributed by atoms with Crippen LogP contribution in [0.1, 0.15) is 30.5 Å². The number of hydrogen-bond acceptors (Lipinski definition) is 9. The van der Waals surface area contributed by atoms with Crippen molar-refractivity contribution in [3.8, 4) is 0 Å². The highest BCUT2D eigenvalue weighted by Gasteiger charge is 2.60. The van der Waals surface area contributed by atoms with Crippen molar-refractivity contribution in [2.24, 2.45) is 16.3 Å². The molecule has 3 unspecified atom stereocenters. The van der Waals surface area contributed by atoms with Gasteiger partial charge < -0.3 is 20.1 Å². The largest absolute Gasteiger partial charge is 0.480 e. The lowest BCUT2D eigenvalue weighted by Crippen LogP contribution is -2.47. The molecule has 1 aromatic heterocycles. The molecule has 10 nitrogen and oxygen atoms in total. The molecule has 0 bridgehead atoms. The number of halogens is 4. The Balaban J connectivity index is 1.54. The number of rotatable bonds is 7. The minimum atomic E-state index is -3.19. The molecule has 2 aromatic rings. The maximum Gasteiger partial charge on any atom is 0.338 e. The number of ether oxygens (including phenoxy) is 1. The second-order valence-electron chi connectivity index (χ2n) is 10.9. The van der Waals surface area contributed by atoms with E-state index in [2.05, 4.69) is 15.3 Å². The molecular formula is C27H27ClF3N5O5S. The molecule has 2 N–H and O–H groups in total. The minimum absolute atomic E-state index is 0.00338. The molecule has 1 amide bonds. The number of carboxylic acid groups (broad SMARTS) is 1. The molecule has 4 heterocycles. The van der Waals surface area contributed by atoms with Crippen LogP contribution in [0.5, 0.6) is 0 Å². The Morgan fingerprint density at radius 3 is 2.64 bits per heavy atom. The third-order valence-electron chi connectivity index (χ3n) is 7.86. The van der Waals surface area contributed by atoms with Gasteiger partial charge in [-0.05, 0) is 26.0 Å². The number of methoxy groups -OCH3 is 1. The van der Waals surface area contributed by atoms with Crippen LogP contribution in [-0.2, 0) is 19.1 Å². The van der Waals surface area contributed by atoms with Gasteiger partial charge in [0.15, 0.2) is 10.8 Å². The number of likely N-dealkylation sites (tertiary alicyclic amines) is 2. The summed E-state index contributed by atoms with van der Waals surface area (Å²) in [7, 11) is 1.17. The number of carbonyl (C=O) groups is 3. The summed E-state index contributed by atoms with van der Waals surface area (Å²) in [4.78, 5) is 49.4. The number of benzene rings is 1. The maximum atomic E-state index is 15.3. The number of amides is 1. The highest BCUT2D eigenvalue weighted by molar-refractivity contribution is 7.11. The normalized spacial score (nSPS) is 23.8. The first-order chi connectivity index (χ1) is 19.7. The van der Waals surface area contributed by atoms with Crippen molar-refractivity contribution in [3.05, 3.63) is 62.5 Å². The molecule has 2 fully saturated rings. The van der Waals surface area contributed by atoms with E-state index >= 15 is 8.78 Å². The number of thiazole rings is 1. The van der Waals surface area contributed by atoms with Gasteiger partial charge in [-0.25, -0.2) is 22.9 Å². The summed E-state index contributed by atoms with van der Waals surface area (Å²) < 4.78 is 49.6. The number of nitrogens with one attached hydrogen (secondary N) is 1. The molecule has 2 saturated heterocycles. The van der Waals surface area contributed by atoms with Crippen LogP contribution >= 0.6 is 22.9 Å². The van der Waals surface area contributed by atoms with E-state index in [9.17, 15) is 23.9 Å². The number of hydrogen-bond donors (Lipinski definition) is 2. The Labute approximate surface area is 247 Å². The lowest BCUT2D eigenvalue weighted by molar-refractivity contribution is -0.158. The predicted octanol–water partition coefficient (Wildman–Crippen LogP) is 3.34. The molecule has 0 spiro atoms. The molecular weight excluding hydrogens is 599 g/mol. The number of aliphatic carboxylic acids is 1. The van der Waals surface area contributed by atoms with E-state index in [1.165, 1.54) is 49.3 Å². The number of aliphatic imine (C=N–C) groups is 1. The fourth-order valence-corrected chi connectivity index (χ4v) is 6.43. The summed E-state index contributed by atoms with van der Waals surface area (Å²) in [6.07, 6.45) is 1.55. The minimum Gasteiger partial charge on any atom is -0.480 e. The zero-order valence-corrected chi connectivity index (χ0v) is 24.3. The van der Waals surface area contributed by atoms with Crippen molar-refractivity contribution in [3.63, 3.8) is 0 Å². The number of nitrogens with zero attached hydrogens (tertiary/aromatic N) is 4. The molecule has 15 heteroatoms. The standard InChI is InChI=1S/C27H27ClF3N5O5S/c1-26(2,25(39)40)24(38)35-9-15-18(11-35)36(12-27(15,30)31)10-17-19(23(37)41-3)20(14-5-4-13(29)8-16(14)28)34-21(33-17)22-32-6-7-42-22/h4-8,15,18,20H,9-12H2,1-3H3,(H,33,34)(H,39,40). The molecule has 0 saturated carbocycles. The first-order valence-electron chi connectivity index (χ1n) is 12.9. The van der Waals surface area contributed by atoms with Crippen molar-refractivity contribution in [1.29, 1.82) is 0 Å². The Morgan fingerprint density at radius 1 is 1.29 bits per heavy atom. The Morgan fingerprint density at radius 2 is 2.02 bits per heavy atom. The quantitative estimate of drug-likeness (QED) is 0.355. The number of esters is 1. The number of carboxylic acids is 1. The van der Waals surface area contributed by atoms with Gasteiger partial charge >= 0.3 is 11.9 Å². The molecule has 42 heavy (non-hydrogen) atoms. The fraction of sp³-hybridized carbons (Fsp3) is 0.444. The second kappa shape index (κ2) is 11.0.